The van der Waals surface area contributed by atoms with Crippen LogP contribution in [0.3, 0.4) is 0 Å². The van der Waals surface area contributed by atoms with E-state index in [0.717, 1.165) is 36.8 Å². The monoisotopic (exact) mass is 431 g/mol. The third-order valence-electron chi connectivity index (χ3n) is 5.89. The van der Waals surface area contributed by atoms with Gasteiger partial charge in [-0.25, -0.2) is 13.1 Å². The maximum Gasteiger partial charge on any atom is 0.244 e. The van der Waals surface area contributed by atoms with Gasteiger partial charge in [0.05, 0.1) is 20.3 Å². The summed E-state index contributed by atoms with van der Waals surface area (Å²) in [5.41, 5.74) is 2.54. The summed E-state index contributed by atoms with van der Waals surface area (Å²) in [6.45, 7) is 3.92. The highest BCUT2D eigenvalue weighted by molar-refractivity contribution is 7.89. The van der Waals surface area contributed by atoms with E-state index in [1.807, 2.05) is 38.1 Å². The molecule has 0 fully saturated rings. The van der Waals surface area contributed by atoms with Crippen LogP contribution in [0.2, 0.25) is 0 Å². The molecule has 2 aromatic carbocycles. The number of aryl methyl sites for hydroxylation is 2. The molecule has 0 saturated heterocycles. The van der Waals surface area contributed by atoms with Crippen LogP contribution in [0.25, 0.3) is 0 Å². The summed E-state index contributed by atoms with van der Waals surface area (Å²) >= 11 is 0. The van der Waals surface area contributed by atoms with Crippen molar-refractivity contribution in [3.05, 3.63) is 47.0 Å². The highest BCUT2D eigenvalue weighted by Gasteiger charge is 2.37. The van der Waals surface area contributed by atoms with E-state index in [1.165, 1.54) is 12.7 Å². The fourth-order valence-corrected chi connectivity index (χ4v) is 5.84. The van der Waals surface area contributed by atoms with Crippen LogP contribution in [0, 0.1) is 0 Å². The minimum absolute atomic E-state index is 0.194. The Hall–Kier alpha value is -2.25. The van der Waals surface area contributed by atoms with Crippen LogP contribution < -0.4 is 18.9 Å². The zero-order valence-corrected chi connectivity index (χ0v) is 18.8. The van der Waals surface area contributed by atoms with Gasteiger partial charge in [0.25, 0.3) is 0 Å². The van der Waals surface area contributed by atoms with Crippen molar-refractivity contribution >= 4 is 10.0 Å². The van der Waals surface area contributed by atoms with Gasteiger partial charge >= 0.3 is 0 Å². The molecule has 1 N–H and O–H groups in total. The number of methoxy groups -OCH3 is 2. The summed E-state index contributed by atoms with van der Waals surface area (Å²) in [5, 5.41) is 0. The molecule has 1 aliphatic carbocycles. The molecule has 1 aliphatic heterocycles. The maximum absolute atomic E-state index is 13.5. The van der Waals surface area contributed by atoms with Crippen LogP contribution in [0.1, 0.15) is 55.8 Å². The predicted octanol–water partition coefficient (Wildman–Crippen LogP) is 4.16. The molecule has 2 aromatic rings. The van der Waals surface area contributed by atoms with Gasteiger partial charge in [-0.3, -0.25) is 0 Å². The lowest BCUT2D eigenvalue weighted by atomic mass is 9.90. The van der Waals surface area contributed by atoms with Crippen LogP contribution in [0.5, 0.6) is 17.2 Å². The van der Waals surface area contributed by atoms with Crippen LogP contribution in [0.4, 0.5) is 0 Å². The fraction of sp³-hybridized carbons (Fsp3) is 0.478. The van der Waals surface area contributed by atoms with Crippen LogP contribution >= 0.6 is 0 Å². The molecule has 0 spiro atoms. The number of ether oxygens (including phenoxy) is 3. The summed E-state index contributed by atoms with van der Waals surface area (Å²) < 4.78 is 46.8. The molecule has 1 heterocycles. The molecule has 4 rings (SSSR count). The van der Waals surface area contributed by atoms with E-state index < -0.39 is 21.7 Å². The molecule has 0 aromatic heterocycles. The lowest BCUT2D eigenvalue weighted by Crippen LogP contribution is -2.41. The lowest BCUT2D eigenvalue weighted by molar-refractivity contribution is 0.0700. The second-order valence-electron chi connectivity index (χ2n) is 8.62. The Morgan fingerprint density at radius 3 is 2.40 bits per heavy atom. The van der Waals surface area contributed by atoms with Gasteiger partial charge in [-0.05, 0) is 81.0 Å². The smallest absolute Gasteiger partial charge is 0.244 e. The molecular weight excluding hydrogens is 402 g/mol. The maximum atomic E-state index is 13.5. The van der Waals surface area contributed by atoms with Gasteiger partial charge in [-0.1, -0.05) is 0 Å². The topological polar surface area (TPSA) is 73.9 Å². The third-order valence-corrected chi connectivity index (χ3v) is 7.38. The number of fused-ring (bicyclic) bond motifs is 2. The van der Waals surface area contributed by atoms with Gasteiger partial charge in [-0.2, -0.15) is 0 Å². The Balaban J connectivity index is 1.73. The molecule has 2 aliphatic rings. The number of benzene rings is 2. The van der Waals surface area contributed by atoms with E-state index in [-0.39, 0.29) is 4.90 Å². The first-order valence-electron chi connectivity index (χ1n) is 10.3. The number of sulfonamides is 1. The van der Waals surface area contributed by atoms with Crippen molar-refractivity contribution in [2.24, 2.45) is 0 Å². The Labute approximate surface area is 178 Å². The zero-order valence-electron chi connectivity index (χ0n) is 17.9. The molecule has 0 bridgehead atoms. The van der Waals surface area contributed by atoms with Crippen molar-refractivity contribution in [3.63, 3.8) is 0 Å². The summed E-state index contributed by atoms with van der Waals surface area (Å²) in [6, 6.07) is 8.71. The minimum Gasteiger partial charge on any atom is -0.497 e. The zero-order chi connectivity index (χ0) is 21.5. The van der Waals surface area contributed by atoms with E-state index >= 15 is 0 Å². The van der Waals surface area contributed by atoms with Gasteiger partial charge in [0.15, 0.2) is 0 Å². The fourth-order valence-electron chi connectivity index (χ4n) is 4.43. The van der Waals surface area contributed by atoms with Gasteiger partial charge in [0, 0.05) is 12.0 Å². The quantitative estimate of drug-likeness (QED) is 0.769. The van der Waals surface area contributed by atoms with Crippen molar-refractivity contribution in [2.45, 2.75) is 62.5 Å². The summed E-state index contributed by atoms with van der Waals surface area (Å²) in [7, 11) is -0.715. The molecule has 0 radical (unpaired) electrons. The van der Waals surface area contributed by atoms with Crippen LogP contribution in [0.15, 0.2) is 35.2 Å². The Bertz CT molecular complexity index is 1060. The Morgan fingerprint density at radius 2 is 1.73 bits per heavy atom. The molecule has 0 saturated carbocycles. The molecule has 7 heteroatoms. The van der Waals surface area contributed by atoms with E-state index in [2.05, 4.69) is 4.72 Å². The molecular formula is C23H29NO5S. The first-order valence-corrected chi connectivity index (χ1v) is 11.8. The summed E-state index contributed by atoms with van der Waals surface area (Å²) in [6.07, 6.45) is 4.55. The standard InChI is InChI=1S/C23H29NO5S/c1-23(2)14-19(18-13-17(27-3)9-10-20(18)29-23)24-30(25,26)22-12-16-8-6-5-7-15(16)11-21(22)28-4/h9-13,19,24H,5-8,14H2,1-4H3/t19-/m1/s1. The van der Waals surface area contributed by atoms with E-state index in [0.29, 0.717) is 23.7 Å². The van der Waals surface area contributed by atoms with Crippen molar-refractivity contribution < 1.29 is 22.6 Å². The normalized spacial score (nSPS) is 19.9. The van der Waals surface area contributed by atoms with Crippen LogP contribution in [-0.2, 0) is 22.9 Å². The number of hydrogen-bond acceptors (Lipinski definition) is 5. The number of rotatable bonds is 5. The van der Waals surface area contributed by atoms with Gasteiger partial charge in [0.1, 0.15) is 27.7 Å². The lowest BCUT2D eigenvalue weighted by Gasteiger charge is -2.38. The molecule has 0 amide bonds. The first kappa shape index (κ1) is 21.0. The third kappa shape index (κ3) is 4.01. The molecule has 162 valence electrons. The number of nitrogens with one attached hydrogen (secondary N) is 1. The second-order valence-corrected chi connectivity index (χ2v) is 10.3. The summed E-state index contributed by atoms with van der Waals surface area (Å²) in [4.78, 5) is 0.194. The number of hydrogen-bond donors (Lipinski definition) is 1. The van der Waals surface area contributed by atoms with Gasteiger partial charge in [-0.15, -0.1) is 0 Å². The van der Waals surface area contributed by atoms with Gasteiger partial charge < -0.3 is 14.2 Å². The Kier molecular flexibility index (Phi) is 5.45. The largest absolute Gasteiger partial charge is 0.497 e. The van der Waals surface area contributed by atoms with E-state index in [9.17, 15) is 8.42 Å². The second kappa shape index (κ2) is 7.78. The van der Waals surface area contributed by atoms with E-state index in [1.54, 1.807) is 13.2 Å². The van der Waals surface area contributed by atoms with Crippen molar-refractivity contribution in [1.29, 1.82) is 0 Å². The van der Waals surface area contributed by atoms with Crippen molar-refractivity contribution in [2.75, 3.05) is 14.2 Å². The average molecular weight is 432 g/mol. The Morgan fingerprint density at radius 1 is 1.03 bits per heavy atom. The van der Waals surface area contributed by atoms with Crippen molar-refractivity contribution in [3.8, 4) is 17.2 Å². The van der Waals surface area contributed by atoms with Gasteiger partial charge in [0.2, 0.25) is 10.0 Å². The highest BCUT2D eigenvalue weighted by Crippen LogP contribution is 2.42. The van der Waals surface area contributed by atoms with Crippen LogP contribution in [-0.4, -0.2) is 28.2 Å². The van der Waals surface area contributed by atoms with E-state index in [4.69, 9.17) is 14.2 Å². The predicted molar refractivity (Wildman–Crippen MR) is 115 cm³/mol. The summed E-state index contributed by atoms with van der Waals surface area (Å²) in [5.74, 6) is 1.71. The highest BCUT2D eigenvalue weighted by atomic mass is 32.2. The molecule has 30 heavy (non-hydrogen) atoms. The molecule has 6 nitrogen and oxygen atoms in total. The molecule has 1 atom stereocenters. The molecule has 0 unspecified atom stereocenters. The van der Waals surface area contributed by atoms with Crippen molar-refractivity contribution in [1.82, 2.24) is 4.72 Å². The average Bonchev–Trinajstić information content (AvgIpc) is 2.71. The first-order chi connectivity index (χ1) is 14.2. The minimum atomic E-state index is -3.82. The SMILES string of the molecule is COc1ccc2c(c1)[C@H](NS(=O)(=O)c1cc3c(cc1OC)CCCC3)CC(C)(C)O2.